The van der Waals surface area contributed by atoms with Gasteiger partial charge in [0.2, 0.25) is 0 Å². The maximum atomic E-state index is 11.9. The van der Waals surface area contributed by atoms with E-state index < -0.39 is 0 Å². The van der Waals surface area contributed by atoms with Gasteiger partial charge in [-0.05, 0) is 30.5 Å². The van der Waals surface area contributed by atoms with Gasteiger partial charge in [-0.1, -0.05) is 28.2 Å². The number of urea groups is 1. The minimum atomic E-state index is -0.188. The van der Waals surface area contributed by atoms with Crippen LogP contribution in [0.25, 0.3) is 0 Å². The third-order valence-corrected chi connectivity index (χ3v) is 4.67. The van der Waals surface area contributed by atoms with Crippen molar-refractivity contribution in [3.8, 4) is 0 Å². The topological polar surface area (TPSA) is 70.1 Å². The number of aromatic nitrogens is 2. The summed E-state index contributed by atoms with van der Waals surface area (Å²) in [6.07, 6.45) is 3.43. The largest absolute Gasteiger partial charge is 0.335 e. The molecule has 1 aliphatic heterocycles. The Morgan fingerprint density at radius 2 is 2.04 bits per heavy atom. The lowest BCUT2D eigenvalue weighted by molar-refractivity contribution is 0.190. The molecule has 122 valence electrons. The van der Waals surface area contributed by atoms with Crippen molar-refractivity contribution >= 4 is 34.2 Å². The Bertz CT molecular complexity index is 626. The van der Waals surface area contributed by atoms with Gasteiger partial charge >= 0.3 is 6.03 Å². The minimum absolute atomic E-state index is 0.188. The van der Waals surface area contributed by atoms with Crippen LogP contribution in [0.3, 0.4) is 0 Å². The molecule has 0 radical (unpaired) electrons. The van der Waals surface area contributed by atoms with Crippen LogP contribution in [0, 0.1) is 0 Å². The number of piperidine rings is 1. The first-order valence-corrected chi connectivity index (χ1v) is 8.66. The average Bonchev–Trinajstić information content (AvgIpc) is 3.04. The van der Waals surface area contributed by atoms with Crippen LogP contribution in [0.2, 0.25) is 5.02 Å². The first-order chi connectivity index (χ1) is 11.2. The third-order valence-electron chi connectivity index (χ3n) is 3.84. The fourth-order valence-electron chi connectivity index (χ4n) is 2.64. The number of nitrogens with one attached hydrogen (secondary N) is 2. The molecule has 3 rings (SSSR count). The molecule has 0 aliphatic carbocycles. The van der Waals surface area contributed by atoms with Gasteiger partial charge < -0.3 is 5.32 Å². The summed E-state index contributed by atoms with van der Waals surface area (Å²) in [7, 11) is 0. The quantitative estimate of drug-likeness (QED) is 0.888. The Hall–Kier alpha value is -1.70. The summed E-state index contributed by atoms with van der Waals surface area (Å²) in [6.45, 7) is 2.86. The van der Waals surface area contributed by atoms with Crippen molar-refractivity contribution in [1.29, 1.82) is 0 Å². The zero-order valence-electron chi connectivity index (χ0n) is 12.5. The Morgan fingerprint density at radius 3 is 2.70 bits per heavy atom. The number of amides is 2. The fourth-order valence-corrected chi connectivity index (χ4v) is 3.18. The van der Waals surface area contributed by atoms with Crippen LogP contribution in [-0.2, 0) is 6.54 Å². The van der Waals surface area contributed by atoms with Crippen molar-refractivity contribution in [2.45, 2.75) is 25.4 Å². The van der Waals surface area contributed by atoms with Crippen molar-refractivity contribution < 1.29 is 4.79 Å². The van der Waals surface area contributed by atoms with Crippen LogP contribution in [-0.4, -0.2) is 39.6 Å². The van der Waals surface area contributed by atoms with Gasteiger partial charge in [0, 0.05) is 42.2 Å². The molecule has 1 aliphatic rings. The van der Waals surface area contributed by atoms with E-state index >= 15 is 0 Å². The van der Waals surface area contributed by atoms with E-state index in [0.717, 1.165) is 37.5 Å². The zero-order valence-corrected chi connectivity index (χ0v) is 14.1. The second-order valence-electron chi connectivity index (χ2n) is 5.56. The Morgan fingerprint density at radius 1 is 1.30 bits per heavy atom. The molecule has 0 atom stereocenters. The van der Waals surface area contributed by atoms with Crippen molar-refractivity contribution in [3.63, 3.8) is 0 Å². The summed E-state index contributed by atoms with van der Waals surface area (Å²) >= 11 is 7.07. The molecular weight excluding hydrogens is 334 g/mol. The molecule has 2 heterocycles. The van der Waals surface area contributed by atoms with E-state index in [4.69, 9.17) is 11.6 Å². The van der Waals surface area contributed by atoms with E-state index in [0.29, 0.717) is 5.00 Å². The predicted octanol–water partition coefficient (Wildman–Crippen LogP) is 2.98. The maximum Gasteiger partial charge on any atom is 0.320 e. The van der Waals surface area contributed by atoms with E-state index in [2.05, 4.69) is 37.3 Å². The molecule has 0 spiro atoms. The molecule has 2 N–H and O–H groups in total. The lowest BCUT2D eigenvalue weighted by Gasteiger charge is -2.32. The van der Waals surface area contributed by atoms with Crippen LogP contribution in [0.4, 0.5) is 9.80 Å². The number of anilines is 1. The number of carbonyl (C=O) groups excluding carboxylic acids is 1. The van der Waals surface area contributed by atoms with Gasteiger partial charge in [0.15, 0.2) is 0 Å². The molecule has 2 amide bonds. The molecule has 1 aromatic heterocycles. The summed E-state index contributed by atoms with van der Waals surface area (Å²) in [5.41, 5.74) is 1.26. The minimum Gasteiger partial charge on any atom is -0.335 e. The Labute approximate surface area is 144 Å². The monoisotopic (exact) mass is 351 g/mol. The molecule has 1 saturated heterocycles. The van der Waals surface area contributed by atoms with Crippen molar-refractivity contribution in [3.05, 3.63) is 41.0 Å². The molecule has 23 heavy (non-hydrogen) atoms. The number of benzene rings is 1. The number of rotatable bonds is 4. The van der Waals surface area contributed by atoms with Gasteiger partial charge in [0.05, 0.1) is 6.20 Å². The van der Waals surface area contributed by atoms with Gasteiger partial charge in [0.25, 0.3) is 0 Å². The summed E-state index contributed by atoms with van der Waals surface area (Å²) in [6, 6.07) is 7.98. The van der Waals surface area contributed by atoms with Gasteiger partial charge in [-0.25, -0.2) is 4.79 Å². The molecule has 8 heteroatoms. The maximum absolute atomic E-state index is 11.9. The smallest absolute Gasteiger partial charge is 0.320 e. The van der Waals surface area contributed by atoms with E-state index in [-0.39, 0.29) is 12.1 Å². The molecule has 2 aromatic rings. The summed E-state index contributed by atoms with van der Waals surface area (Å²) in [5.74, 6) is 0. The second-order valence-corrected chi connectivity index (χ2v) is 6.78. The molecule has 1 aromatic carbocycles. The first kappa shape index (κ1) is 16.2. The van der Waals surface area contributed by atoms with Crippen LogP contribution >= 0.6 is 23.1 Å². The van der Waals surface area contributed by atoms with E-state index in [1.165, 1.54) is 17.1 Å². The Kier molecular flexibility index (Phi) is 5.43. The number of halogens is 1. The van der Waals surface area contributed by atoms with Crippen LogP contribution in [0.15, 0.2) is 30.5 Å². The highest BCUT2D eigenvalue weighted by Crippen LogP contribution is 2.16. The first-order valence-electron chi connectivity index (χ1n) is 7.51. The van der Waals surface area contributed by atoms with Gasteiger partial charge in [-0.2, -0.15) is 0 Å². The number of nitrogens with zero attached hydrogens (tertiary/aromatic N) is 3. The molecule has 0 bridgehead atoms. The average molecular weight is 352 g/mol. The number of hydrogen-bond acceptors (Lipinski definition) is 5. The van der Waals surface area contributed by atoms with Crippen LogP contribution < -0.4 is 10.6 Å². The molecule has 0 unspecified atom stereocenters. The lowest BCUT2D eigenvalue weighted by atomic mass is 10.0. The summed E-state index contributed by atoms with van der Waals surface area (Å²) in [5, 5.41) is 10.9. The molecule has 1 fully saturated rings. The molecule has 6 nitrogen and oxygen atoms in total. The van der Waals surface area contributed by atoms with Crippen molar-refractivity contribution in [2.24, 2.45) is 0 Å². The molecular formula is C15H18ClN5OS. The zero-order chi connectivity index (χ0) is 16.1. The van der Waals surface area contributed by atoms with E-state index in [1.807, 2.05) is 12.1 Å². The highest BCUT2D eigenvalue weighted by atomic mass is 35.5. The van der Waals surface area contributed by atoms with E-state index in [1.54, 1.807) is 6.20 Å². The predicted molar refractivity (Wildman–Crippen MR) is 91.8 cm³/mol. The van der Waals surface area contributed by atoms with Crippen LogP contribution in [0.1, 0.15) is 18.4 Å². The third kappa shape index (κ3) is 4.89. The summed E-state index contributed by atoms with van der Waals surface area (Å²) in [4.78, 5) is 14.3. The summed E-state index contributed by atoms with van der Waals surface area (Å²) < 4.78 is 3.71. The standard InChI is InChI=1S/C15H18ClN5OS/c16-12-3-1-11(2-4-12)10-21-7-5-13(6-8-21)18-15(22)19-14-9-17-20-23-14/h1-4,9,13H,5-8,10H2,(H2,18,19,22). The number of likely N-dealkylation sites (tertiary alicyclic amines) is 1. The van der Waals surface area contributed by atoms with E-state index in [9.17, 15) is 4.79 Å². The van der Waals surface area contributed by atoms with Gasteiger partial charge in [-0.3, -0.25) is 10.2 Å². The van der Waals surface area contributed by atoms with Gasteiger partial charge in [0.1, 0.15) is 5.00 Å². The highest BCUT2D eigenvalue weighted by Gasteiger charge is 2.20. The SMILES string of the molecule is O=C(Nc1cnns1)NC1CCN(Cc2ccc(Cl)cc2)CC1. The van der Waals surface area contributed by atoms with Crippen molar-refractivity contribution in [1.82, 2.24) is 19.8 Å². The Balaban J connectivity index is 1.41. The van der Waals surface area contributed by atoms with Crippen LogP contribution in [0.5, 0.6) is 0 Å². The number of carbonyl (C=O) groups is 1. The lowest BCUT2D eigenvalue weighted by Crippen LogP contribution is -2.45. The normalized spacial score (nSPS) is 16.2. The highest BCUT2D eigenvalue weighted by molar-refractivity contribution is 7.10. The molecule has 0 saturated carbocycles. The fraction of sp³-hybridized carbons (Fsp3) is 0.400. The van der Waals surface area contributed by atoms with Gasteiger partial charge in [-0.15, -0.1) is 5.10 Å². The van der Waals surface area contributed by atoms with Crippen molar-refractivity contribution in [2.75, 3.05) is 18.4 Å². The number of hydrogen-bond donors (Lipinski definition) is 2. The second kappa shape index (κ2) is 7.72.